The first-order valence-corrected chi connectivity index (χ1v) is 10.3. The van der Waals surface area contributed by atoms with Crippen LogP contribution in [-0.2, 0) is 11.3 Å². The third-order valence-electron chi connectivity index (χ3n) is 4.24. The molecule has 158 valence electrons. The zero-order valence-corrected chi connectivity index (χ0v) is 18.5. The van der Waals surface area contributed by atoms with Crippen LogP contribution >= 0.6 is 15.9 Å². The highest BCUT2D eigenvalue weighted by molar-refractivity contribution is 9.10. The largest absolute Gasteiger partial charge is 0.490 e. The smallest absolute Gasteiger partial charge is 0.329 e. The van der Waals surface area contributed by atoms with E-state index in [1.54, 1.807) is 30.3 Å². The summed E-state index contributed by atoms with van der Waals surface area (Å²) >= 11 is 3.48. The van der Waals surface area contributed by atoms with E-state index >= 15 is 0 Å². The molecule has 8 heteroatoms. The molecule has 1 heterocycles. The Labute approximate surface area is 182 Å². The lowest BCUT2D eigenvalue weighted by Gasteiger charge is -2.17. The van der Waals surface area contributed by atoms with Crippen molar-refractivity contribution < 1.29 is 23.5 Å². The minimum atomic E-state index is -0.599. The topological polar surface area (TPSA) is 67.9 Å². The number of imide groups is 1. The van der Waals surface area contributed by atoms with Gasteiger partial charge in [0.1, 0.15) is 11.5 Å². The Morgan fingerprint density at radius 3 is 2.63 bits per heavy atom. The summed E-state index contributed by atoms with van der Waals surface area (Å²) in [5, 5.41) is 2.55. The van der Waals surface area contributed by atoms with E-state index in [1.807, 2.05) is 20.8 Å². The zero-order valence-electron chi connectivity index (χ0n) is 16.9. The molecule has 0 saturated carbocycles. The van der Waals surface area contributed by atoms with Gasteiger partial charge in [-0.15, -0.1) is 0 Å². The van der Waals surface area contributed by atoms with Crippen LogP contribution in [0.4, 0.5) is 9.18 Å². The Bertz CT molecular complexity index is 1010. The van der Waals surface area contributed by atoms with Crippen molar-refractivity contribution in [2.24, 2.45) is 0 Å². The summed E-state index contributed by atoms with van der Waals surface area (Å²) in [6.45, 7) is 5.97. The van der Waals surface area contributed by atoms with E-state index in [2.05, 4.69) is 21.2 Å². The molecule has 0 radical (unpaired) electrons. The number of carbonyl (C=O) groups excluding carboxylic acids is 2. The lowest BCUT2D eigenvalue weighted by Crippen LogP contribution is -2.30. The Hall–Kier alpha value is -2.87. The molecule has 1 fully saturated rings. The fourth-order valence-electron chi connectivity index (χ4n) is 2.96. The molecule has 2 aromatic carbocycles. The molecule has 6 nitrogen and oxygen atoms in total. The number of nitrogens with zero attached hydrogens (tertiary/aromatic N) is 1. The van der Waals surface area contributed by atoms with Crippen LogP contribution in [0.3, 0.4) is 0 Å². The number of hydrogen-bond acceptors (Lipinski definition) is 4. The number of carbonyl (C=O) groups is 2. The van der Waals surface area contributed by atoms with Gasteiger partial charge in [-0.2, -0.15) is 0 Å². The predicted molar refractivity (Wildman–Crippen MR) is 115 cm³/mol. The second-order valence-electron chi connectivity index (χ2n) is 6.90. The van der Waals surface area contributed by atoms with Gasteiger partial charge in [0, 0.05) is 5.56 Å². The first-order chi connectivity index (χ1) is 14.3. The number of ether oxygens (including phenoxy) is 2. The molecule has 30 heavy (non-hydrogen) atoms. The van der Waals surface area contributed by atoms with Crippen LogP contribution in [0.2, 0.25) is 0 Å². The van der Waals surface area contributed by atoms with Crippen LogP contribution in [0.1, 0.15) is 31.9 Å². The molecule has 1 aliphatic heterocycles. The van der Waals surface area contributed by atoms with Gasteiger partial charge in [-0.3, -0.25) is 9.69 Å². The first-order valence-electron chi connectivity index (χ1n) is 9.51. The molecule has 1 saturated heterocycles. The van der Waals surface area contributed by atoms with Crippen molar-refractivity contribution in [2.45, 2.75) is 33.4 Å². The quantitative estimate of drug-likeness (QED) is 0.457. The Balaban J connectivity index is 1.88. The van der Waals surface area contributed by atoms with E-state index in [-0.39, 0.29) is 23.9 Å². The molecular formula is C22H22BrFN2O4. The Morgan fingerprint density at radius 2 is 1.97 bits per heavy atom. The van der Waals surface area contributed by atoms with Crippen molar-refractivity contribution in [3.05, 3.63) is 63.5 Å². The van der Waals surface area contributed by atoms with E-state index in [1.165, 1.54) is 12.1 Å². The van der Waals surface area contributed by atoms with Gasteiger partial charge in [0.25, 0.3) is 5.91 Å². The summed E-state index contributed by atoms with van der Waals surface area (Å²) in [5.41, 5.74) is 1.000. The average Bonchev–Trinajstić information content (AvgIpc) is 2.93. The number of halogens is 2. The summed E-state index contributed by atoms with van der Waals surface area (Å²) < 4.78 is 26.1. The molecule has 0 atom stereocenters. The second-order valence-corrected chi connectivity index (χ2v) is 7.75. The van der Waals surface area contributed by atoms with Crippen LogP contribution in [0, 0.1) is 5.82 Å². The van der Waals surface area contributed by atoms with Crippen LogP contribution in [0.15, 0.2) is 46.6 Å². The van der Waals surface area contributed by atoms with Crippen LogP contribution in [0.25, 0.3) is 6.08 Å². The van der Waals surface area contributed by atoms with E-state index in [4.69, 9.17) is 9.47 Å². The third-order valence-corrected chi connectivity index (χ3v) is 4.83. The van der Waals surface area contributed by atoms with E-state index in [0.717, 1.165) is 4.90 Å². The number of hydrogen-bond donors (Lipinski definition) is 1. The highest BCUT2D eigenvalue weighted by atomic mass is 79.9. The van der Waals surface area contributed by atoms with Crippen LogP contribution in [-0.4, -0.2) is 29.5 Å². The standard InChI is InChI=1S/C22H22BrFN2O4/c1-4-29-19-11-14(9-16(23)20(19)30-13(2)3)10-18-21(27)26(22(28)25-18)12-15-7-5-6-8-17(15)24/h5-11,13H,4,12H2,1-3H3,(H,25,28)/b18-10+. The normalized spacial score (nSPS) is 15.1. The number of nitrogens with one attached hydrogen (secondary N) is 1. The van der Waals surface area contributed by atoms with E-state index < -0.39 is 17.8 Å². The van der Waals surface area contributed by atoms with Crippen molar-refractivity contribution in [3.63, 3.8) is 0 Å². The van der Waals surface area contributed by atoms with Crippen molar-refractivity contribution >= 4 is 33.9 Å². The zero-order chi connectivity index (χ0) is 21.8. The number of benzene rings is 2. The highest BCUT2D eigenvalue weighted by Gasteiger charge is 2.34. The average molecular weight is 477 g/mol. The Morgan fingerprint density at radius 1 is 1.23 bits per heavy atom. The SMILES string of the molecule is CCOc1cc(/C=C2/NC(=O)N(Cc3ccccc3F)C2=O)cc(Br)c1OC(C)C. The fraction of sp³-hybridized carbons (Fsp3) is 0.273. The first kappa shape index (κ1) is 21.8. The van der Waals surface area contributed by atoms with Gasteiger partial charge >= 0.3 is 6.03 Å². The van der Waals surface area contributed by atoms with Gasteiger partial charge in [0.15, 0.2) is 11.5 Å². The summed E-state index contributed by atoms with van der Waals surface area (Å²) in [7, 11) is 0. The van der Waals surface area contributed by atoms with Gasteiger partial charge in [0.05, 0.1) is 23.7 Å². The van der Waals surface area contributed by atoms with Crippen molar-refractivity contribution in [2.75, 3.05) is 6.61 Å². The van der Waals surface area contributed by atoms with Crippen molar-refractivity contribution in [1.29, 1.82) is 0 Å². The molecule has 2 aromatic rings. The monoisotopic (exact) mass is 476 g/mol. The lowest BCUT2D eigenvalue weighted by atomic mass is 10.1. The predicted octanol–water partition coefficient (Wildman–Crippen LogP) is 4.87. The molecule has 0 bridgehead atoms. The number of rotatable bonds is 7. The van der Waals surface area contributed by atoms with E-state index in [9.17, 15) is 14.0 Å². The van der Waals surface area contributed by atoms with Gasteiger partial charge in [-0.25, -0.2) is 9.18 Å². The molecule has 0 aliphatic carbocycles. The number of urea groups is 1. The van der Waals surface area contributed by atoms with Crippen LogP contribution < -0.4 is 14.8 Å². The molecule has 3 rings (SSSR count). The Kier molecular flexibility index (Phi) is 6.77. The molecule has 3 amide bonds. The number of amides is 3. The summed E-state index contributed by atoms with van der Waals surface area (Å²) in [6, 6.07) is 8.94. The maximum absolute atomic E-state index is 13.9. The molecule has 1 aliphatic rings. The van der Waals surface area contributed by atoms with Gasteiger partial charge in [-0.1, -0.05) is 18.2 Å². The second kappa shape index (κ2) is 9.30. The highest BCUT2D eigenvalue weighted by Crippen LogP contribution is 2.38. The van der Waals surface area contributed by atoms with Crippen LogP contribution in [0.5, 0.6) is 11.5 Å². The van der Waals surface area contributed by atoms with Crippen molar-refractivity contribution in [1.82, 2.24) is 10.2 Å². The molecule has 0 unspecified atom stereocenters. The molecule has 0 spiro atoms. The minimum absolute atomic E-state index is 0.0488. The van der Waals surface area contributed by atoms with Gasteiger partial charge < -0.3 is 14.8 Å². The lowest BCUT2D eigenvalue weighted by molar-refractivity contribution is -0.123. The maximum atomic E-state index is 13.9. The summed E-state index contributed by atoms with van der Waals surface area (Å²) in [4.78, 5) is 26.0. The summed E-state index contributed by atoms with van der Waals surface area (Å²) in [6.07, 6.45) is 1.50. The molecule has 0 aromatic heterocycles. The van der Waals surface area contributed by atoms with E-state index in [0.29, 0.717) is 28.1 Å². The maximum Gasteiger partial charge on any atom is 0.329 e. The van der Waals surface area contributed by atoms with Gasteiger partial charge in [-0.05, 0) is 66.5 Å². The minimum Gasteiger partial charge on any atom is -0.490 e. The fourth-order valence-corrected chi connectivity index (χ4v) is 3.52. The molecular weight excluding hydrogens is 455 g/mol. The third kappa shape index (κ3) is 4.81. The van der Waals surface area contributed by atoms with Crippen molar-refractivity contribution in [3.8, 4) is 11.5 Å². The summed E-state index contributed by atoms with van der Waals surface area (Å²) in [5.74, 6) is 0.0887. The molecule has 1 N–H and O–H groups in total. The van der Waals surface area contributed by atoms with Gasteiger partial charge in [0.2, 0.25) is 0 Å².